The van der Waals surface area contributed by atoms with Crippen LogP contribution in [0.15, 0.2) is 21.9 Å². The zero-order valence-corrected chi connectivity index (χ0v) is 20.3. The van der Waals surface area contributed by atoms with Gasteiger partial charge in [0.2, 0.25) is 0 Å². The molecular formula is C14H22N3O14P3. The Morgan fingerprint density at radius 1 is 1.21 bits per heavy atom. The number of phosphoric ester groups is 1. The van der Waals surface area contributed by atoms with E-state index in [9.17, 15) is 38.2 Å². The molecule has 0 amide bonds. The molecule has 192 valence electrons. The second-order valence-electron chi connectivity index (χ2n) is 7.22. The Labute approximate surface area is 190 Å². The number of rotatable bonds is 8. The number of H-pyrrole nitrogens is 1. The average molecular weight is 549 g/mol. The molecule has 2 heterocycles. The second-order valence-corrected chi connectivity index (χ2v) is 11.6. The first-order valence-corrected chi connectivity index (χ1v) is 13.5. The lowest BCUT2D eigenvalue weighted by molar-refractivity contribution is -0.144. The number of hydrogen-bond donors (Lipinski definition) is 7. The van der Waals surface area contributed by atoms with E-state index in [4.69, 9.17) is 24.8 Å². The average Bonchev–Trinajstić information content (AvgIpc) is 2.81. The molecule has 1 fully saturated rings. The summed E-state index contributed by atoms with van der Waals surface area (Å²) in [4.78, 5) is 62.0. The summed E-state index contributed by atoms with van der Waals surface area (Å²) in [7, 11) is -17.0. The summed E-state index contributed by atoms with van der Waals surface area (Å²) in [5, 5.41) is 11.0. The molecule has 17 nitrogen and oxygen atoms in total. The van der Waals surface area contributed by atoms with E-state index in [0.717, 1.165) is 30.7 Å². The van der Waals surface area contributed by atoms with Gasteiger partial charge in [-0.3, -0.25) is 18.9 Å². The smallest absolute Gasteiger partial charge is 0.387 e. The summed E-state index contributed by atoms with van der Waals surface area (Å²) in [6.45, 7) is 3.56. The van der Waals surface area contributed by atoms with Crippen molar-refractivity contribution in [2.24, 2.45) is 5.73 Å². The van der Waals surface area contributed by atoms with Crippen LogP contribution in [0.1, 0.15) is 27.0 Å². The van der Waals surface area contributed by atoms with Crippen molar-refractivity contribution in [1.29, 1.82) is 0 Å². The maximum atomic E-state index is 12.3. The van der Waals surface area contributed by atoms with E-state index in [-0.39, 0.29) is 0 Å². The van der Waals surface area contributed by atoms with Crippen molar-refractivity contribution in [1.82, 2.24) is 9.55 Å². The van der Waals surface area contributed by atoms with Crippen LogP contribution >= 0.6 is 23.5 Å². The first-order chi connectivity index (χ1) is 15.3. The number of aliphatic hydroxyl groups excluding tert-OH is 1. The highest BCUT2D eigenvalue weighted by Gasteiger charge is 2.63. The predicted octanol–water partition coefficient (Wildman–Crippen LogP) is -1.36. The second kappa shape index (κ2) is 9.53. The molecule has 0 bridgehead atoms. The van der Waals surface area contributed by atoms with Gasteiger partial charge < -0.3 is 35.2 Å². The molecule has 0 aliphatic carbocycles. The molecule has 34 heavy (non-hydrogen) atoms. The highest BCUT2D eigenvalue weighted by atomic mass is 31.3. The van der Waals surface area contributed by atoms with Gasteiger partial charge in [-0.15, -0.1) is 5.92 Å². The number of aromatic amines is 1. The van der Waals surface area contributed by atoms with E-state index in [1.807, 2.05) is 4.98 Å². The number of ether oxygens (including phenoxy) is 1. The maximum absolute atomic E-state index is 12.3. The third-order valence-corrected chi connectivity index (χ3v) is 8.64. The molecule has 0 radical (unpaired) electrons. The number of hydrogen-bond acceptors (Lipinski definition) is 11. The standard InChI is InChI=1S/C14H22N3O14P3/c1-4-6-14(15)10(19)13(3,28-11(14)17-7-5-9(18)16-12(17)20)8(2)29-33(24,25)31-34(26,27)30-32(21,22)23/h5,7-8,10-11,19H,15H2,1-3H3,(H,24,25)(H,26,27)(H,16,18,20)(H2,21,22,23)/t8-,10?,11-,13?,14?/m1/s1. The summed E-state index contributed by atoms with van der Waals surface area (Å²) in [5.41, 5.74) is 0.414. The molecule has 0 saturated carbocycles. The minimum absolute atomic E-state index is 0.743. The Morgan fingerprint density at radius 3 is 2.29 bits per heavy atom. The first-order valence-electron chi connectivity index (χ1n) is 8.99. The lowest BCUT2D eigenvalue weighted by Gasteiger charge is -2.35. The maximum Gasteiger partial charge on any atom is 0.490 e. The SMILES string of the molecule is CC#CC1(N)C(O)C(C)([C@@H](C)OP(=O)(O)OP(=O)(O)OP(=O)(O)O)O[C@H]1n1ccc(=O)[nH]c1=O. The van der Waals surface area contributed by atoms with Gasteiger partial charge in [-0.25, -0.2) is 18.5 Å². The van der Waals surface area contributed by atoms with Crippen molar-refractivity contribution in [3.05, 3.63) is 33.1 Å². The van der Waals surface area contributed by atoms with Gasteiger partial charge in [0.05, 0.1) is 6.10 Å². The van der Waals surface area contributed by atoms with Gasteiger partial charge in [-0.05, 0) is 20.8 Å². The zero-order chi connectivity index (χ0) is 26.3. The van der Waals surface area contributed by atoms with Crippen LogP contribution in [-0.2, 0) is 31.6 Å². The Bertz CT molecular complexity index is 1260. The Hall–Kier alpha value is -1.47. The molecule has 0 aromatic carbocycles. The molecule has 20 heteroatoms. The third-order valence-electron chi connectivity index (χ3n) is 4.73. The molecule has 1 aliphatic heterocycles. The third kappa shape index (κ3) is 6.20. The minimum Gasteiger partial charge on any atom is -0.387 e. The molecule has 1 aliphatic rings. The van der Waals surface area contributed by atoms with Crippen molar-refractivity contribution >= 4 is 23.5 Å². The lowest BCUT2D eigenvalue weighted by atomic mass is 9.82. The Balaban J connectivity index is 2.41. The van der Waals surface area contributed by atoms with Crippen molar-refractivity contribution in [2.75, 3.05) is 0 Å². The molecule has 2 rings (SSSR count). The molecule has 1 saturated heterocycles. The Morgan fingerprint density at radius 2 is 1.79 bits per heavy atom. The van der Waals surface area contributed by atoms with Crippen molar-refractivity contribution < 1.29 is 56.3 Å². The van der Waals surface area contributed by atoms with Crippen molar-refractivity contribution in [2.45, 2.75) is 50.3 Å². The van der Waals surface area contributed by atoms with Gasteiger partial charge in [0.25, 0.3) is 5.56 Å². The van der Waals surface area contributed by atoms with Gasteiger partial charge in [0, 0.05) is 12.3 Å². The van der Waals surface area contributed by atoms with E-state index < -0.39 is 64.3 Å². The first kappa shape index (κ1) is 28.8. The predicted molar refractivity (Wildman–Crippen MR) is 111 cm³/mol. The highest BCUT2D eigenvalue weighted by Crippen LogP contribution is 2.67. The van der Waals surface area contributed by atoms with Crippen LogP contribution in [-0.4, -0.2) is 57.6 Å². The van der Waals surface area contributed by atoms with Crippen LogP contribution in [0.4, 0.5) is 0 Å². The van der Waals surface area contributed by atoms with Gasteiger partial charge in [-0.1, -0.05) is 5.92 Å². The largest absolute Gasteiger partial charge is 0.490 e. The number of nitrogens with two attached hydrogens (primary N) is 1. The fourth-order valence-corrected chi connectivity index (χ4v) is 6.45. The van der Waals surface area contributed by atoms with Gasteiger partial charge in [-0.2, -0.15) is 8.62 Å². The molecule has 7 atom stereocenters. The van der Waals surface area contributed by atoms with Crippen molar-refractivity contribution in [3.63, 3.8) is 0 Å². The monoisotopic (exact) mass is 549 g/mol. The summed E-state index contributed by atoms with van der Waals surface area (Å²) >= 11 is 0. The number of phosphoric acid groups is 3. The lowest BCUT2D eigenvalue weighted by Crippen LogP contribution is -2.59. The summed E-state index contributed by atoms with van der Waals surface area (Å²) in [6, 6.07) is 0.960. The van der Waals surface area contributed by atoms with E-state index in [1.165, 1.54) is 6.92 Å². The molecule has 1 aromatic rings. The highest BCUT2D eigenvalue weighted by molar-refractivity contribution is 7.66. The number of aromatic nitrogens is 2. The zero-order valence-electron chi connectivity index (χ0n) is 17.7. The number of aliphatic hydroxyl groups is 1. The van der Waals surface area contributed by atoms with Crippen LogP contribution in [0.5, 0.6) is 0 Å². The topological polar surface area (TPSA) is 270 Å². The molecule has 5 unspecified atom stereocenters. The fourth-order valence-electron chi connectivity index (χ4n) is 3.18. The molecular weight excluding hydrogens is 527 g/mol. The number of nitrogens with one attached hydrogen (secondary N) is 1. The molecule has 0 spiro atoms. The van der Waals surface area contributed by atoms with E-state index in [1.54, 1.807) is 0 Å². The van der Waals surface area contributed by atoms with Crippen LogP contribution in [0.25, 0.3) is 0 Å². The summed E-state index contributed by atoms with van der Waals surface area (Å²) in [5.74, 6) is 4.95. The van der Waals surface area contributed by atoms with Crippen LogP contribution < -0.4 is 17.0 Å². The van der Waals surface area contributed by atoms with Crippen LogP contribution in [0.3, 0.4) is 0 Å². The minimum atomic E-state index is -5.80. The molecule has 8 N–H and O–H groups in total. The quantitative estimate of drug-likeness (QED) is 0.146. The molecule has 1 aromatic heterocycles. The van der Waals surface area contributed by atoms with E-state index >= 15 is 0 Å². The summed E-state index contributed by atoms with van der Waals surface area (Å²) < 4.78 is 53.1. The van der Waals surface area contributed by atoms with Gasteiger partial charge in [0.1, 0.15) is 11.7 Å². The number of nitrogens with zero attached hydrogens (tertiary/aromatic N) is 1. The summed E-state index contributed by atoms with van der Waals surface area (Å²) in [6.07, 6.45) is -4.12. The van der Waals surface area contributed by atoms with Gasteiger partial charge >= 0.3 is 29.2 Å². The van der Waals surface area contributed by atoms with E-state index in [2.05, 4.69) is 20.5 Å². The van der Waals surface area contributed by atoms with Crippen LogP contribution in [0.2, 0.25) is 0 Å². The Kier molecular flexibility index (Phi) is 8.06. The van der Waals surface area contributed by atoms with Crippen molar-refractivity contribution in [3.8, 4) is 11.8 Å². The van der Waals surface area contributed by atoms with Gasteiger partial charge in [0.15, 0.2) is 11.8 Å². The normalized spacial score (nSPS) is 31.7. The van der Waals surface area contributed by atoms with Crippen LogP contribution in [0, 0.1) is 11.8 Å². The van der Waals surface area contributed by atoms with E-state index in [0.29, 0.717) is 0 Å². The fraction of sp³-hybridized carbons (Fsp3) is 0.571.